The molecule has 0 aliphatic heterocycles. The summed E-state index contributed by atoms with van der Waals surface area (Å²) in [6.07, 6.45) is 0. The molecule has 0 aliphatic carbocycles. The molecular formula is C19H15FN2O2. The van der Waals surface area contributed by atoms with Crippen LogP contribution >= 0.6 is 0 Å². The lowest BCUT2D eigenvalue weighted by Crippen LogP contribution is -2.13. The SMILES string of the molecule is O=[N+]([O-])c1cc(F)ccc1NC(c1ccccc1)c1ccccc1. The highest BCUT2D eigenvalue weighted by atomic mass is 19.1. The number of nitrogens with one attached hydrogen (secondary N) is 1. The molecule has 0 atom stereocenters. The first-order valence-corrected chi connectivity index (χ1v) is 7.45. The number of rotatable bonds is 5. The molecule has 0 unspecified atom stereocenters. The van der Waals surface area contributed by atoms with Gasteiger partial charge < -0.3 is 5.32 Å². The third kappa shape index (κ3) is 3.41. The summed E-state index contributed by atoms with van der Waals surface area (Å²) in [5.41, 5.74) is 1.91. The second-order valence-electron chi connectivity index (χ2n) is 5.32. The Kier molecular flexibility index (Phi) is 4.52. The van der Waals surface area contributed by atoms with Gasteiger partial charge in [-0.2, -0.15) is 0 Å². The maximum atomic E-state index is 13.4. The zero-order valence-corrected chi connectivity index (χ0v) is 12.7. The van der Waals surface area contributed by atoms with Gasteiger partial charge in [-0.1, -0.05) is 60.7 Å². The number of nitro benzene ring substituents is 1. The van der Waals surface area contributed by atoms with Crippen molar-refractivity contribution >= 4 is 11.4 Å². The van der Waals surface area contributed by atoms with Crippen LogP contribution in [0.25, 0.3) is 0 Å². The molecule has 24 heavy (non-hydrogen) atoms. The molecule has 0 aromatic heterocycles. The van der Waals surface area contributed by atoms with Crippen LogP contribution in [0.4, 0.5) is 15.8 Å². The van der Waals surface area contributed by atoms with Crippen molar-refractivity contribution in [2.24, 2.45) is 0 Å². The zero-order valence-electron chi connectivity index (χ0n) is 12.7. The van der Waals surface area contributed by atoms with E-state index < -0.39 is 10.7 Å². The minimum Gasteiger partial charge on any atom is -0.369 e. The minimum absolute atomic E-state index is 0.277. The molecule has 0 heterocycles. The predicted molar refractivity (Wildman–Crippen MR) is 91.4 cm³/mol. The highest BCUT2D eigenvalue weighted by Gasteiger charge is 2.20. The second kappa shape index (κ2) is 6.91. The Balaban J connectivity index is 2.04. The molecule has 3 aromatic carbocycles. The maximum Gasteiger partial charge on any atom is 0.295 e. The molecule has 120 valence electrons. The van der Waals surface area contributed by atoms with E-state index in [1.807, 2.05) is 60.7 Å². The fourth-order valence-corrected chi connectivity index (χ4v) is 2.58. The van der Waals surface area contributed by atoms with Crippen LogP contribution in [0.1, 0.15) is 17.2 Å². The molecule has 0 spiro atoms. The van der Waals surface area contributed by atoms with Crippen molar-refractivity contribution < 1.29 is 9.31 Å². The summed E-state index contributed by atoms with van der Waals surface area (Å²) >= 11 is 0. The lowest BCUT2D eigenvalue weighted by molar-refractivity contribution is -0.384. The molecule has 0 radical (unpaired) electrons. The molecule has 0 amide bonds. The first kappa shape index (κ1) is 15.7. The normalized spacial score (nSPS) is 10.6. The Labute approximate surface area is 138 Å². The summed E-state index contributed by atoms with van der Waals surface area (Å²) < 4.78 is 13.4. The average Bonchev–Trinajstić information content (AvgIpc) is 2.62. The van der Waals surface area contributed by atoms with Gasteiger partial charge in [0.05, 0.1) is 17.0 Å². The number of anilines is 1. The molecule has 0 aliphatic rings. The number of hydrogen-bond donors (Lipinski definition) is 1. The van der Waals surface area contributed by atoms with Gasteiger partial charge >= 0.3 is 0 Å². The monoisotopic (exact) mass is 322 g/mol. The number of nitrogens with zero attached hydrogens (tertiary/aromatic N) is 1. The molecule has 5 heteroatoms. The Morgan fingerprint density at radius 1 is 0.875 bits per heavy atom. The van der Waals surface area contributed by atoms with Gasteiger partial charge in [-0.05, 0) is 23.3 Å². The van der Waals surface area contributed by atoms with Crippen LogP contribution in [-0.4, -0.2) is 4.92 Å². The van der Waals surface area contributed by atoms with E-state index in [9.17, 15) is 14.5 Å². The summed E-state index contributed by atoms with van der Waals surface area (Å²) in [5.74, 6) is -0.636. The molecule has 0 fully saturated rings. The van der Waals surface area contributed by atoms with Crippen molar-refractivity contribution in [3.05, 3.63) is 106 Å². The highest BCUT2D eigenvalue weighted by Crippen LogP contribution is 2.32. The van der Waals surface area contributed by atoms with Gasteiger partial charge in [-0.25, -0.2) is 4.39 Å². The van der Waals surface area contributed by atoms with E-state index in [1.165, 1.54) is 12.1 Å². The van der Waals surface area contributed by atoms with Crippen molar-refractivity contribution in [3.63, 3.8) is 0 Å². The highest BCUT2D eigenvalue weighted by molar-refractivity contribution is 5.63. The molecule has 0 saturated carbocycles. The van der Waals surface area contributed by atoms with Gasteiger partial charge in [0, 0.05) is 0 Å². The summed E-state index contributed by atoms with van der Waals surface area (Å²) in [4.78, 5) is 10.6. The predicted octanol–water partition coefficient (Wildman–Crippen LogP) is 4.94. The molecule has 0 saturated heterocycles. The largest absolute Gasteiger partial charge is 0.369 e. The topological polar surface area (TPSA) is 55.2 Å². The number of nitro groups is 1. The third-order valence-electron chi connectivity index (χ3n) is 3.72. The van der Waals surface area contributed by atoms with Crippen molar-refractivity contribution in [1.82, 2.24) is 0 Å². The number of benzene rings is 3. The second-order valence-corrected chi connectivity index (χ2v) is 5.32. The fourth-order valence-electron chi connectivity index (χ4n) is 2.58. The zero-order chi connectivity index (χ0) is 16.9. The van der Waals surface area contributed by atoms with E-state index >= 15 is 0 Å². The molecule has 3 rings (SSSR count). The molecule has 0 bridgehead atoms. The van der Waals surface area contributed by atoms with Crippen LogP contribution in [0.2, 0.25) is 0 Å². The Hall–Kier alpha value is -3.21. The molecular weight excluding hydrogens is 307 g/mol. The van der Waals surface area contributed by atoms with Crippen molar-refractivity contribution in [2.45, 2.75) is 6.04 Å². The Morgan fingerprint density at radius 2 is 1.42 bits per heavy atom. The summed E-state index contributed by atoms with van der Waals surface area (Å²) in [6, 6.07) is 22.5. The first-order valence-electron chi connectivity index (χ1n) is 7.45. The average molecular weight is 322 g/mol. The van der Waals surface area contributed by atoms with Gasteiger partial charge in [0.2, 0.25) is 0 Å². The quantitative estimate of drug-likeness (QED) is 0.535. The van der Waals surface area contributed by atoms with Crippen molar-refractivity contribution in [3.8, 4) is 0 Å². The Bertz CT molecular complexity index is 799. The van der Waals surface area contributed by atoms with E-state index in [4.69, 9.17) is 0 Å². The van der Waals surface area contributed by atoms with Gasteiger partial charge in [-0.3, -0.25) is 10.1 Å². The van der Waals surface area contributed by atoms with Crippen LogP contribution in [-0.2, 0) is 0 Å². The molecule has 3 aromatic rings. The third-order valence-corrected chi connectivity index (χ3v) is 3.72. The van der Waals surface area contributed by atoms with E-state index in [1.54, 1.807) is 0 Å². The van der Waals surface area contributed by atoms with Crippen molar-refractivity contribution in [1.29, 1.82) is 0 Å². The van der Waals surface area contributed by atoms with E-state index in [0.29, 0.717) is 0 Å². The lowest BCUT2D eigenvalue weighted by atomic mass is 9.98. The van der Waals surface area contributed by atoms with Crippen LogP contribution in [0, 0.1) is 15.9 Å². The van der Waals surface area contributed by atoms with E-state index in [2.05, 4.69) is 5.32 Å². The summed E-state index contributed by atoms with van der Waals surface area (Å²) in [6.45, 7) is 0. The fraction of sp³-hybridized carbons (Fsp3) is 0.0526. The summed E-state index contributed by atoms with van der Waals surface area (Å²) in [7, 11) is 0. The first-order chi connectivity index (χ1) is 11.6. The number of halogens is 1. The molecule has 4 nitrogen and oxygen atoms in total. The van der Waals surface area contributed by atoms with Gasteiger partial charge in [-0.15, -0.1) is 0 Å². The lowest BCUT2D eigenvalue weighted by Gasteiger charge is -2.21. The molecule has 1 N–H and O–H groups in total. The van der Waals surface area contributed by atoms with Gasteiger partial charge in [0.1, 0.15) is 11.5 Å². The maximum absolute atomic E-state index is 13.4. The van der Waals surface area contributed by atoms with Gasteiger partial charge in [0.25, 0.3) is 5.69 Å². The summed E-state index contributed by atoms with van der Waals surface area (Å²) in [5, 5.41) is 14.4. The smallest absolute Gasteiger partial charge is 0.295 e. The van der Waals surface area contributed by atoms with Crippen molar-refractivity contribution in [2.75, 3.05) is 5.32 Å². The van der Waals surface area contributed by atoms with Gasteiger partial charge in [0.15, 0.2) is 0 Å². The van der Waals surface area contributed by atoms with Crippen LogP contribution in [0.3, 0.4) is 0 Å². The standard InChI is InChI=1S/C19H15FN2O2/c20-16-11-12-17(18(13-16)22(23)24)21-19(14-7-3-1-4-8-14)15-9-5-2-6-10-15/h1-13,19,21H. The van der Waals surface area contributed by atoms with Crippen LogP contribution in [0.15, 0.2) is 78.9 Å². The van der Waals surface area contributed by atoms with E-state index in [-0.39, 0.29) is 17.4 Å². The van der Waals surface area contributed by atoms with Crippen LogP contribution in [0.5, 0.6) is 0 Å². The van der Waals surface area contributed by atoms with E-state index in [0.717, 1.165) is 17.2 Å². The number of hydrogen-bond acceptors (Lipinski definition) is 3. The Morgan fingerprint density at radius 3 is 1.92 bits per heavy atom. The minimum atomic E-state index is -0.636. The van der Waals surface area contributed by atoms with Crippen LogP contribution < -0.4 is 5.32 Å².